The Labute approximate surface area is 161 Å². The predicted molar refractivity (Wildman–Crippen MR) is 105 cm³/mol. The van der Waals surface area contributed by atoms with E-state index in [1.807, 2.05) is 31.2 Å². The summed E-state index contributed by atoms with van der Waals surface area (Å²) >= 11 is 0. The Bertz CT molecular complexity index is 699. The number of nitrogens with one attached hydrogen (secondary N) is 1. The normalized spacial score (nSPS) is 31.2. The number of amides is 1. The van der Waals surface area contributed by atoms with Crippen LogP contribution in [0.4, 0.5) is 0 Å². The van der Waals surface area contributed by atoms with Crippen LogP contribution < -0.4 is 5.32 Å². The van der Waals surface area contributed by atoms with Gasteiger partial charge < -0.3 is 10.1 Å². The molecule has 1 aromatic rings. The molecule has 0 aliphatic heterocycles. The molecule has 1 aromatic carbocycles. The molecule has 0 spiro atoms. The number of carbonyl (C=O) groups is 2. The first-order chi connectivity index (χ1) is 13.0. The molecule has 1 amide bonds. The van der Waals surface area contributed by atoms with Gasteiger partial charge in [0.1, 0.15) is 0 Å². The molecule has 144 valence electrons. The van der Waals surface area contributed by atoms with E-state index < -0.39 is 5.97 Å². The lowest BCUT2D eigenvalue weighted by Crippen LogP contribution is -2.51. The van der Waals surface area contributed by atoms with Crippen molar-refractivity contribution in [1.82, 2.24) is 5.32 Å². The lowest BCUT2D eigenvalue weighted by molar-refractivity contribution is -0.144. The highest BCUT2D eigenvalue weighted by atomic mass is 16.5. The number of ether oxygens (including phenoxy) is 1. The summed E-state index contributed by atoms with van der Waals surface area (Å²) in [5, 5.41) is 3.03. The molecule has 0 saturated heterocycles. The van der Waals surface area contributed by atoms with Crippen molar-refractivity contribution in [1.29, 1.82) is 0 Å². The summed E-state index contributed by atoms with van der Waals surface area (Å²) in [6, 6.07) is 7.86. The summed E-state index contributed by atoms with van der Waals surface area (Å²) in [5.41, 5.74) is 2.41. The minimum atomic E-state index is -0.486. The van der Waals surface area contributed by atoms with Crippen LogP contribution in [0, 0.1) is 30.1 Å². The quantitative estimate of drug-likeness (QED) is 0.613. The van der Waals surface area contributed by atoms with E-state index in [9.17, 15) is 9.59 Å². The molecule has 0 aromatic heterocycles. The Morgan fingerprint density at radius 3 is 2.26 bits per heavy atom. The van der Waals surface area contributed by atoms with Gasteiger partial charge in [-0.3, -0.25) is 4.79 Å². The number of aryl methyl sites for hydroxylation is 1. The topological polar surface area (TPSA) is 55.4 Å². The Kier molecular flexibility index (Phi) is 5.07. The van der Waals surface area contributed by atoms with E-state index in [0.717, 1.165) is 29.9 Å². The molecule has 27 heavy (non-hydrogen) atoms. The molecule has 4 aliphatic rings. The van der Waals surface area contributed by atoms with Crippen LogP contribution in [-0.4, -0.2) is 25.0 Å². The van der Waals surface area contributed by atoms with Gasteiger partial charge in [-0.05, 0) is 80.3 Å². The van der Waals surface area contributed by atoms with E-state index in [1.54, 1.807) is 6.08 Å². The number of hydrogen-bond acceptors (Lipinski definition) is 3. The van der Waals surface area contributed by atoms with Gasteiger partial charge >= 0.3 is 5.97 Å². The second kappa shape index (κ2) is 7.49. The smallest absolute Gasteiger partial charge is 0.331 e. The van der Waals surface area contributed by atoms with Gasteiger partial charge in [0.2, 0.25) is 0 Å². The fourth-order valence-electron chi connectivity index (χ4n) is 5.87. The van der Waals surface area contributed by atoms with Gasteiger partial charge in [0, 0.05) is 12.6 Å². The van der Waals surface area contributed by atoms with Crippen molar-refractivity contribution in [2.75, 3.05) is 13.2 Å². The molecule has 1 N–H and O–H groups in total. The van der Waals surface area contributed by atoms with Crippen molar-refractivity contribution in [2.45, 2.75) is 45.4 Å². The first kappa shape index (κ1) is 18.3. The molecule has 0 unspecified atom stereocenters. The van der Waals surface area contributed by atoms with Crippen LogP contribution in [0.1, 0.15) is 49.7 Å². The lowest BCUT2D eigenvalue weighted by atomic mass is 9.49. The number of carbonyl (C=O) groups excluding carboxylic acids is 2. The molecule has 0 atom stereocenters. The minimum absolute atomic E-state index is 0.192. The zero-order chi connectivity index (χ0) is 18.9. The molecular weight excluding hydrogens is 338 g/mol. The summed E-state index contributed by atoms with van der Waals surface area (Å²) in [5.74, 6) is 1.94. The highest BCUT2D eigenvalue weighted by molar-refractivity contribution is 5.89. The van der Waals surface area contributed by atoms with Crippen molar-refractivity contribution in [2.24, 2.45) is 23.2 Å². The van der Waals surface area contributed by atoms with E-state index in [-0.39, 0.29) is 12.5 Å². The van der Waals surface area contributed by atoms with E-state index in [1.165, 1.54) is 50.2 Å². The first-order valence-corrected chi connectivity index (χ1v) is 10.2. The predicted octanol–water partition coefficient (Wildman–Crippen LogP) is 3.88. The monoisotopic (exact) mass is 367 g/mol. The molecule has 4 heteroatoms. The van der Waals surface area contributed by atoms with Gasteiger partial charge in [0.05, 0.1) is 0 Å². The summed E-state index contributed by atoms with van der Waals surface area (Å²) in [7, 11) is 0. The van der Waals surface area contributed by atoms with Crippen LogP contribution in [-0.2, 0) is 14.3 Å². The number of benzene rings is 1. The maximum atomic E-state index is 12.1. The molecule has 4 saturated carbocycles. The molecule has 0 radical (unpaired) electrons. The van der Waals surface area contributed by atoms with Crippen molar-refractivity contribution in [3.05, 3.63) is 41.5 Å². The van der Waals surface area contributed by atoms with Crippen LogP contribution in [0.3, 0.4) is 0 Å². The third kappa shape index (κ3) is 4.42. The summed E-state index contributed by atoms with van der Waals surface area (Å²) in [6.45, 7) is 2.55. The van der Waals surface area contributed by atoms with E-state index in [4.69, 9.17) is 4.74 Å². The van der Waals surface area contributed by atoms with Gasteiger partial charge in [-0.1, -0.05) is 29.8 Å². The van der Waals surface area contributed by atoms with Gasteiger partial charge in [0.25, 0.3) is 5.91 Å². The summed E-state index contributed by atoms with van der Waals surface area (Å²) in [4.78, 5) is 24.0. The minimum Gasteiger partial charge on any atom is -0.452 e. The van der Waals surface area contributed by atoms with E-state index in [0.29, 0.717) is 5.41 Å². The molecule has 4 bridgehead atoms. The van der Waals surface area contributed by atoms with Crippen LogP contribution >= 0.6 is 0 Å². The van der Waals surface area contributed by atoms with Gasteiger partial charge in [-0.15, -0.1) is 0 Å². The van der Waals surface area contributed by atoms with E-state index in [2.05, 4.69) is 5.32 Å². The van der Waals surface area contributed by atoms with Gasteiger partial charge in [-0.25, -0.2) is 4.79 Å². The maximum Gasteiger partial charge on any atom is 0.331 e. The molecule has 5 rings (SSSR count). The number of hydrogen-bond donors (Lipinski definition) is 1. The maximum absolute atomic E-state index is 12.1. The van der Waals surface area contributed by atoms with Crippen LogP contribution in [0.25, 0.3) is 6.08 Å². The summed E-state index contributed by atoms with van der Waals surface area (Å²) in [6.07, 6.45) is 11.1. The second-order valence-corrected chi connectivity index (χ2v) is 9.05. The SMILES string of the molecule is Cc1ccc(/C=C/C(=O)OCC(=O)NCC23CC4CC(CC(C4)C2)C3)cc1. The van der Waals surface area contributed by atoms with Crippen molar-refractivity contribution in [3.63, 3.8) is 0 Å². The third-order valence-electron chi connectivity index (χ3n) is 6.66. The molecule has 4 fully saturated rings. The van der Waals surface area contributed by atoms with Crippen molar-refractivity contribution >= 4 is 18.0 Å². The average molecular weight is 367 g/mol. The number of rotatable bonds is 6. The molecule has 4 aliphatic carbocycles. The van der Waals surface area contributed by atoms with Crippen LogP contribution in [0.15, 0.2) is 30.3 Å². The first-order valence-electron chi connectivity index (χ1n) is 10.2. The highest BCUT2D eigenvalue weighted by Gasteiger charge is 2.50. The molecule has 0 heterocycles. The molecule has 4 nitrogen and oxygen atoms in total. The zero-order valence-electron chi connectivity index (χ0n) is 16.1. The Balaban J connectivity index is 1.21. The Morgan fingerprint density at radius 1 is 1.07 bits per heavy atom. The van der Waals surface area contributed by atoms with Crippen molar-refractivity contribution in [3.8, 4) is 0 Å². The fraction of sp³-hybridized carbons (Fsp3) is 0.565. The highest BCUT2D eigenvalue weighted by Crippen LogP contribution is 2.59. The second-order valence-electron chi connectivity index (χ2n) is 9.05. The zero-order valence-corrected chi connectivity index (χ0v) is 16.1. The number of esters is 1. The standard InChI is InChI=1S/C23H29NO3/c1-16-2-4-17(5-3-16)6-7-22(26)27-14-21(25)24-15-23-11-18-8-19(12-23)10-20(9-18)13-23/h2-7,18-20H,8-15H2,1H3,(H,24,25)/b7-6+. The average Bonchev–Trinajstić information content (AvgIpc) is 2.63. The lowest BCUT2D eigenvalue weighted by Gasteiger charge is -2.56. The largest absolute Gasteiger partial charge is 0.452 e. The Morgan fingerprint density at radius 2 is 1.67 bits per heavy atom. The van der Waals surface area contributed by atoms with Crippen LogP contribution in [0.2, 0.25) is 0 Å². The van der Waals surface area contributed by atoms with Gasteiger partial charge in [0.15, 0.2) is 6.61 Å². The van der Waals surface area contributed by atoms with Crippen LogP contribution in [0.5, 0.6) is 0 Å². The Hall–Kier alpha value is -2.10. The van der Waals surface area contributed by atoms with Crippen molar-refractivity contribution < 1.29 is 14.3 Å². The molecular formula is C23H29NO3. The third-order valence-corrected chi connectivity index (χ3v) is 6.66. The van der Waals surface area contributed by atoms with Gasteiger partial charge in [-0.2, -0.15) is 0 Å². The van der Waals surface area contributed by atoms with E-state index >= 15 is 0 Å². The fourth-order valence-corrected chi connectivity index (χ4v) is 5.87. The summed E-state index contributed by atoms with van der Waals surface area (Å²) < 4.78 is 5.08.